The van der Waals surface area contributed by atoms with Gasteiger partial charge in [0.05, 0.1) is 11.0 Å². The van der Waals surface area contributed by atoms with Crippen LogP contribution in [-0.4, -0.2) is 33.1 Å². The maximum absolute atomic E-state index is 13.1. The molecule has 2 saturated heterocycles. The Bertz CT molecular complexity index is 1060. The quantitative estimate of drug-likeness (QED) is 0.563. The molecule has 1 aromatic carbocycles. The second-order valence-corrected chi connectivity index (χ2v) is 12.0. The Kier molecular flexibility index (Phi) is 5.18. The first-order chi connectivity index (χ1) is 15.4. The molecule has 0 amide bonds. The van der Waals surface area contributed by atoms with Gasteiger partial charge in [0.2, 0.25) is 0 Å². The van der Waals surface area contributed by atoms with Crippen LogP contribution in [0.2, 0.25) is 5.15 Å². The number of hydrogen-bond acceptors (Lipinski definition) is 3. The number of fused-ring (bicyclic) bond motifs is 5. The first-order valence-corrected chi connectivity index (χ1v) is 13.2. The van der Waals surface area contributed by atoms with Crippen molar-refractivity contribution >= 4 is 22.6 Å². The van der Waals surface area contributed by atoms with Crippen molar-refractivity contribution in [2.75, 3.05) is 6.54 Å². The van der Waals surface area contributed by atoms with Crippen LogP contribution in [-0.2, 0) is 0 Å². The molecule has 0 spiro atoms. The van der Waals surface area contributed by atoms with E-state index in [0.29, 0.717) is 17.5 Å². The van der Waals surface area contributed by atoms with Crippen LogP contribution in [0, 0.1) is 23.2 Å². The van der Waals surface area contributed by atoms with E-state index in [0.717, 1.165) is 41.6 Å². The van der Waals surface area contributed by atoms with Crippen molar-refractivity contribution in [3.8, 4) is 0 Å². The SMILES string of the molecule is CC1(C)[C@H]2CC[C@@H](CCN3[C@@H]4CCC[C@H]3CC(n3c(=O)c(Cl)nc5ccccc53)C4)[C@@H]1C2. The minimum atomic E-state index is -0.120. The fourth-order valence-corrected chi connectivity index (χ4v) is 8.32. The van der Waals surface area contributed by atoms with Crippen LogP contribution in [0.25, 0.3) is 11.0 Å². The zero-order valence-electron chi connectivity index (χ0n) is 19.5. The van der Waals surface area contributed by atoms with E-state index < -0.39 is 0 Å². The molecule has 5 heteroatoms. The number of rotatable bonds is 4. The summed E-state index contributed by atoms with van der Waals surface area (Å²) in [5.74, 6) is 2.85. The molecule has 3 saturated carbocycles. The van der Waals surface area contributed by atoms with Crippen molar-refractivity contribution in [1.82, 2.24) is 14.5 Å². The molecule has 6 atom stereocenters. The number of benzene rings is 1. The highest BCUT2D eigenvalue weighted by Gasteiger charge is 2.54. The summed E-state index contributed by atoms with van der Waals surface area (Å²) in [6.45, 7) is 6.27. The van der Waals surface area contributed by atoms with Gasteiger partial charge in [-0.1, -0.05) is 44.0 Å². The molecule has 3 aliphatic carbocycles. The molecule has 1 unspecified atom stereocenters. The smallest absolute Gasteiger partial charge is 0.288 e. The normalized spacial score (nSPS) is 36.1. The highest BCUT2D eigenvalue weighted by Crippen LogP contribution is 2.62. The van der Waals surface area contributed by atoms with E-state index in [2.05, 4.69) is 23.7 Å². The summed E-state index contributed by atoms with van der Waals surface area (Å²) in [5, 5.41) is 0.106. The number of nitrogens with zero attached hydrogens (tertiary/aromatic N) is 3. The van der Waals surface area contributed by atoms with Crippen molar-refractivity contribution in [3.63, 3.8) is 0 Å². The monoisotopic (exact) mass is 453 g/mol. The third-order valence-electron chi connectivity index (χ3n) is 9.98. The maximum atomic E-state index is 13.1. The van der Waals surface area contributed by atoms with Crippen molar-refractivity contribution in [1.29, 1.82) is 0 Å². The predicted octanol–water partition coefficient (Wildman–Crippen LogP) is 6.07. The molecule has 2 aromatic rings. The third kappa shape index (κ3) is 3.27. The second-order valence-electron chi connectivity index (χ2n) is 11.7. The molecule has 4 bridgehead atoms. The van der Waals surface area contributed by atoms with Crippen LogP contribution in [0.15, 0.2) is 29.1 Å². The number of para-hydroxylation sites is 2. The Morgan fingerprint density at radius 3 is 2.50 bits per heavy atom. The van der Waals surface area contributed by atoms with Gasteiger partial charge in [0.1, 0.15) is 0 Å². The minimum Gasteiger partial charge on any atom is -0.301 e. The molecule has 0 radical (unpaired) electrons. The van der Waals surface area contributed by atoms with E-state index in [4.69, 9.17) is 11.6 Å². The molecular weight excluding hydrogens is 418 g/mol. The van der Waals surface area contributed by atoms with Crippen molar-refractivity contribution in [2.24, 2.45) is 23.2 Å². The van der Waals surface area contributed by atoms with Crippen LogP contribution < -0.4 is 5.56 Å². The number of halogens is 1. The molecule has 7 rings (SSSR count). The molecule has 32 heavy (non-hydrogen) atoms. The van der Waals surface area contributed by atoms with Crippen molar-refractivity contribution in [2.45, 2.75) is 89.8 Å². The summed E-state index contributed by atoms with van der Waals surface area (Å²) in [7, 11) is 0. The van der Waals surface area contributed by atoms with Crippen LogP contribution in [0.4, 0.5) is 0 Å². The van der Waals surface area contributed by atoms with E-state index in [1.54, 1.807) is 0 Å². The Labute approximate surface area is 196 Å². The molecule has 2 aliphatic heterocycles. The van der Waals surface area contributed by atoms with Crippen LogP contribution >= 0.6 is 11.6 Å². The summed E-state index contributed by atoms with van der Waals surface area (Å²) in [6.07, 6.45) is 11.7. The molecule has 5 aliphatic rings. The molecule has 3 heterocycles. The van der Waals surface area contributed by atoms with Crippen LogP contribution in [0.5, 0.6) is 0 Å². The summed E-state index contributed by atoms with van der Waals surface area (Å²) in [5.41, 5.74) is 2.21. The highest BCUT2D eigenvalue weighted by atomic mass is 35.5. The number of hydrogen-bond donors (Lipinski definition) is 0. The Balaban J connectivity index is 1.22. The van der Waals surface area contributed by atoms with Crippen LogP contribution in [0.1, 0.15) is 77.7 Å². The maximum Gasteiger partial charge on any atom is 0.288 e. The molecule has 0 N–H and O–H groups in total. The van der Waals surface area contributed by atoms with Gasteiger partial charge in [-0.2, -0.15) is 0 Å². The van der Waals surface area contributed by atoms with Crippen molar-refractivity contribution in [3.05, 3.63) is 39.8 Å². The molecule has 4 nitrogen and oxygen atoms in total. The lowest BCUT2D eigenvalue weighted by Gasteiger charge is -2.60. The lowest BCUT2D eigenvalue weighted by molar-refractivity contribution is -0.111. The van der Waals surface area contributed by atoms with Gasteiger partial charge in [0.25, 0.3) is 5.56 Å². The van der Waals surface area contributed by atoms with E-state index in [1.807, 2.05) is 28.8 Å². The first kappa shape index (κ1) is 21.2. The van der Waals surface area contributed by atoms with Crippen LogP contribution in [0.3, 0.4) is 0 Å². The Morgan fingerprint density at radius 1 is 1.03 bits per heavy atom. The average Bonchev–Trinajstić information content (AvgIpc) is 2.78. The zero-order chi connectivity index (χ0) is 22.0. The topological polar surface area (TPSA) is 38.1 Å². The van der Waals surface area contributed by atoms with Gasteiger partial charge in [-0.3, -0.25) is 9.69 Å². The lowest BCUT2D eigenvalue weighted by Crippen LogP contribution is -2.55. The second kappa shape index (κ2) is 7.84. The largest absolute Gasteiger partial charge is 0.301 e. The summed E-state index contributed by atoms with van der Waals surface area (Å²) >= 11 is 6.28. The fraction of sp³-hybridized carbons (Fsp3) is 0.704. The first-order valence-electron chi connectivity index (χ1n) is 12.9. The van der Waals surface area contributed by atoms with Gasteiger partial charge in [-0.25, -0.2) is 4.98 Å². The zero-order valence-corrected chi connectivity index (χ0v) is 20.2. The van der Waals surface area contributed by atoms with Gasteiger partial charge in [-0.05, 0) is 93.2 Å². The average molecular weight is 454 g/mol. The Morgan fingerprint density at radius 2 is 1.78 bits per heavy atom. The standard InChI is InChI=1S/C27H36ClN3O/c1-27(2)18-11-10-17(22(27)14-18)12-13-30-19-6-5-7-20(30)16-21(15-19)31-24-9-4-3-8-23(24)29-25(28)26(31)32/h3-4,8-9,17-22H,5-7,10-16H2,1-2H3/t17-,18-,19-,20+,21?,22-/m0/s1. The van der Waals surface area contributed by atoms with Gasteiger partial charge >= 0.3 is 0 Å². The van der Waals surface area contributed by atoms with Gasteiger partial charge < -0.3 is 4.57 Å². The molecule has 5 fully saturated rings. The van der Waals surface area contributed by atoms with E-state index >= 15 is 0 Å². The van der Waals surface area contributed by atoms with Gasteiger partial charge in [0.15, 0.2) is 5.15 Å². The Hall–Kier alpha value is -1.39. The van der Waals surface area contributed by atoms with Crippen molar-refractivity contribution < 1.29 is 0 Å². The van der Waals surface area contributed by atoms with Gasteiger partial charge in [-0.15, -0.1) is 0 Å². The van der Waals surface area contributed by atoms with E-state index in [-0.39, 0.29) is 16.8 Å². The van der Waals surface area contributed by atoms with E-state index in [1.165, 1.54) is 51.5 Å². The van der Waals surface area contributed by atoms with Gasteiger partial charge in [0, 0.05) is 18.1 Å². The number of aromatic nitrogens is 2. The predicted molar refractivity (Wildman–Crippen MR) is 130 cm³/mol. The minimum absolute atomic E-state index is 0.106. The summed E-state index contributed by atoms with van der Waals surface area (Å²) < 4.78 is 1.98. The summed E-state index contributed by atoms with van der Waals surface area (Å²) in [4.78, 5) is 20.3. The molecular formula is C27H36ClN3O. The molecule has 172 valence electrons. The lowest BCUT2D eigenvalue weighted by atomic mass is 9.45. The summed E-state index contributed by atoms with van der Waals surface area (Å²) in [6, 6.07) is 9.37. The highest BCUT2D eigenvalue weighted by molar-refractivity contribution is 6.29. The fourth-order valence-electron chi connectivity index (χ4n) is 8.14. The molecule has 1 aromatic heterocycles. The third-order valence-corrected chi connectivity index (χ3v) is 10.2. The number of piperidine rings is 2. The van der Waals surface area contributed by atoms with E-state index in [9.17, 15) is 4.79 Å².